The van der Waals surface area contributed by atoms with Gasteiger partial charge in [-0.2, -0.15) is 13.2 Å². The molecule has 0 bridgehead atoms. The molecule has 1 saturated heterocycles. The fourth-order valence-corrected chi connectivity index (χ4v) is 2.58. The second-order valence-corrected chi connectivity index (χ2v) is 5.76. The molecule has 1 aliphatic heterocycles. The van der Waals surface area contributed by atoms with Crippen molar-refractivity contribution in [3.05, 3.63) is 33.9 Å². The van der Waals surface area contributed by atoms with Gasteiger partial charge in [-0.1, -0.05) is 0 Å². The molecule has 152 valence electrons. The molecule has 0 aromatic heterocycles. The Hall–Kier alpha value is -2.11. The predicted molar refractivity (Wildman–Crippen MR) is 93.8 cm³/mol. The quantitative estimate of drug-likeness (QED) is 0.358. The number of hydrogen-bond donors (Lipinski definition) is 3. The number of hydrogen-bond acceptors (Lipinski definition) is 6. The van der Waals surface area contributed by atoms with E-state index in [9.17, 15) is 28.1 Å². The topological polar surface area (TPSA) is 120 Å². The highest BCUT2D eigenvalue weighted by Gasteiger charge is 2.33. The summed E-state index contributed by atoms with van der Waals surface area (Å²) in [5.41, 5.74) is 3.62. The molecule has 1 aromatic rings. The first-order chi connectivity index (χ1) is 12.2. The number of nitro groups is 1. The van der Waals surface area contributed by atoms with Gasteiger partial charge in [-0.3, -0.25) is 14.9 Å². The van der Waals surface area contributed by atoms with Crippen LogP contribution < -0.4 is 16.4 Å². The summed E-state index contributed by atoms with van der Waals surface area (Å²) in [6.45, 7) is 0.568. The van der Waals surface area contributed by atoms with Gasteiger partial charge in [-0.05, 0) is 25.0 Å². The van der Waals surface area contributed by atoms with Crippen molar-refractivity contribution in [2.75, 3.05) is 25.0 Å². The fraction of sp³-hybridized carbons (Fsp3) is 0.533. The van der Waals surface area contributed by atoms with Crippen LogP contribution in [0.2, 0.25) is 0 Å². The number of carbonyl (C=O) groups is 1. The molecule has 1 aromatic carbocycles. The van der Waals surface area contributed by atoms with Crippen molar-refractivity contribution in [2.45, 2.75) is 31.2 Å². The number of anilines is 1. The lowest BCUT2D eigenvalue weighted by molar-refractivity contribution is -0.384. The maximum absolute atomic E-state index is 12.6. The van der Waals surface area contributed by atoms with Crippen molar-refractivity contribution in [1.29, 1.82) is 0 Å². The lowest BCUT2D eigenvalue weighted by Gasteiger charge is -2.14. The van der Waals surface area contributed by atoms with Gasteiger partial charge in [0.25, 0.3) is 5.69 Å². The molecule has 0 aliphatic carbocycles. The van der Waals surface area contributed by atoms with Gasteiger partial charge in [0.2, 0.25) is 5.91 Å². The van der Waals surface area contributed by atoms with Crippen LogP contribution in [0, 0.1) is 10.1 Å². The van der Waals surface area contributed by atoms with Gasteiger partial charge in [0.05, 0.1) is 16.6 Å². The number of nitrogens with zero attached hydrogens (tertiary/aromatic N) is 1. The number of rotatable bonds is 7. The van der Waals surface area contributed by atoms with E-state index in [1.165, 1.54) is 0 Å². The average Bonchev–Trinajstić information content (AvgIpc) is 3.06. The molecule has 8 nitrogen and oxygen atoms in total. The molecule has 0 radical (unpaired) electrons. The summed E-state index contributed by atoms with van der Waals surface area (Å²) in [7, 11) is 0. The molecule has 1 heterocycles. The summed E-state index contributed by atoms with van der Waals surface area (Å²) in [6.07, 6.45) is -4.13. The number of carbonyl (C=O) groups excluding carboxylic acids is 1. The zero-order chi connectivity index (χ0) is 19.3. The third kappa shape index (κ3) is 6.22. The van der Waals surface area contributed by atoms with E-state index in [2.05, 4.69) is 10.6 Å². The molecule has 27 heavy (non-hydrogen) atoms. The van der Waals surface area contributed by atoms with Gasteiger partial charge in [-0.15, -0.1) is 12.4 Å². The van der Waals surface area contributed by atoms with Crippen molar-refractivity contribution >= 4 is 29.7 Å². The van der Waals surface area contributed by atoms with Crippen LogP contribution in [0.15, 0.2) is 18.2 Å². The second-order valence-electron chi connectivity index (χ2n) is 5.76. The minimum Gasteiger partial charge on any atom is -0.378 e. The van der Waals surface area contributed by atoms with Crippen LogP contribution in [0.25, 0.3) is 0 Å². The van der Waals surface area contributed by atoms with E-state index in [1.54, 1.807) is 0 Å². The summed E-state index contributed by atoms with van der Waals surface area (Å²) < 4.78 is 43.4. The monoisotopic (exact) mass is 412 g/mol. The minimum absolute atomic E-state index is 0. The van der Waals surface area contributed by atoms with Crippen LogP contribution in [-0.2, 0) is 15.7 Å². The maximum atomic E-state index is 12.6. The van der Waals surface area contributed by atoms with Gasteiger partial charge >= 0.3 is 6.18 Å². The number of ether oxygens (including phenoxy) is 1. The van der Waals surface area contributed by atoms with Crippen LogP contribution in [0.4, 0.5) is 24.5 Å². The molecule has 0 unspecified atom stereocenters. The molecule has 2 rings (SSSR count). The highest BCUT2D eigenvalue weighted by atomic mass is 35.5. The maximum Gasteiger partial charge on any atom is 0.416 e. The Labute approximate surface area is 159 Å². The molecule has 1 amide bonds. The normalized spacial score (nSPS) is 19.3. The van der Waals surface area contributed by atoms with Gasteiger partial charge in [0.1, 0.15) is 11.8 Å². The van der Waals surface area contributed by atoms with Gasteiger partial charge < -0.3 is 21.1 Å². The van der Waals surface area contributed by atoms with Crippen molar-refractivity contribution in [1.82, 2.24) is 5.32 Å². The number of benzene rings is 1. The predicted octanol–water partition coefficient (Wildman–Crippen LogP) is 2.07. The van der Waals surface area contributed by atoms with Crippen molar-refractivity contribution < 1.29 is 27.6 Å². The Morgan fingerprint density at radius 1 is 1.33 bits per heavy atom. The molecular formula is C15H20ClF3N4O4. The highest BCUT2D eigenvalue weighted by molar-refractivity contribution is 5.85. The van der Waals surface area contributed by atoms with E-state index in [1.807, 2.05) is 0 Å². The van der Waals surface area contributed by atoms with E-state index in [0.717, 1.165) is 12.1 Å². The Balaban J connectivity index is 0.00000364. The van der Waals surface area contributed by atoms with Gasteiger partial charge in [0, 0.05) is 25.7 Å². The van der Waals surface area contributed by atoms with E-state index < -0.39 is 28.5 Å². The number of nitrogens with two attached hydrogens (primary N) is 1. The zero-order valence-corrected chi connectivity index (χ0v) is 14.9. The van der Waals surface area contributed by atoms with Crippen molar-refractivity contribution in [3.63, 3.8) is 0 Å². The Kier molecular flexibility index (Phi) is 8.25. The number of nitro benzene ring substituents is 1. The van der Waals surface area contributed by atoms with Crippen molar-refractivity contribution in [2.24, 2.45) is 5.73 Å². The molecular weight excluding hydrogens is 393 g/mol. The molecule has 1 fully saturated rings. The third-order valence-corrected chi connectivity index (χ3v) is 3.92. The Bertz CT molecular complexity index is 675. The lowest BCUT2D eigenvalue weighted by Crippen LogP contribution is -2.37. The fourth-order valence-electron chi connectivity index (χ4n) is 2.58. The molecule has 12 heteroatoms. The van der Waals surface area contributed by atoms with Crippen LogP contribution in [-0.4, -0.2) is 42.7 Å². The standard InChI is InChI=1S/C15H19F3N4O4.ClH/c16-15(17,18)9-1-3-11(12(7-9)22(24)25)20-5-6-21-14(23)13-4-2-10(8-19)26-13;/h1,3,7,10,13,20H,2,4-6,8,19H2,(H,21,23);1H/t10-,13+;/m1./s1. The summed E-state index contributed by atoms with van der Waals surface area (Å²) in [5, 5.41) is 16.2. The zero-order valence-electron chi connectivity index (χ0n) is 14.1. The first-order valence-electron chi connectivity index (χ1n) is 7.95. The largest absolute Gasteiger partial charge is 0.416 e. The van der Waals surface area contributed by atoms with E-state index in [0.29, 0.717) is 25.5 Å². The van der Waals surface area contributed by atoms with Crippen LogP contribution in [0.5, 0.6) is 0 Å². The lowest BCUT2D eigenvalue weighted by atomic mass is 10.1. The second kappa shape index (κ2) is 9.72. The third-order valence-electron chi connectivity index (χ3n) is 3.92. The molecule has 0 saturated carbocycles. The van der Waals surface area contributed by atoms with Crippen LogP contribution in [0.3, 0.4) is 0 Å². The van der Waals surface area contributed by atoms with Gasteiger partial charge in [0.15, 0.2) is 0 Å². The highest BCUT2D eigenvalue weighted by Crippen LogP contribution is 2.34. The van der Waals surface area contributed by atoms with Crippen LogP contribution >= 0.6 is 12.4 Å². The number of amides is 1. The average molecular weight is 413 g/mol. The van der Waals surface area contributed by atoms with E-state index >= 15 is 0 Å². The first kappa shape index (κ1) is 22.9. The van der Waals surface area contributed by atoms with Crippen molar-refractivity contribution in [3.8, 4) is 0 Å². The molecule has 0 spiro atoms. The minimum atomic E-state index is -4.67. The number of alkyl halides is 3. The summed E-state index contributed by atoms with van der Waals surface area (Å²) in [4.78, 5) is 22.0. The number of nitrogens with one attached hydrogen (secondary N) is 2. The SMILES string of the molecule is Cl.NC[C@H]1CC[C@@H](C(=O)NCCNc2ccc(C(F)(F)F)cc2[N+](=O)[O-])O1. The summed E-state index contributed by atoms with van der Waals surface area (Å²) in [5.74, 6) is -0.315. The molecule has 4 N–H and O–H groups in total. The number of halogens is 4. The van der Waals surface area contributed by atoms with Gasteiger partial charge in [-0.25, -0.2) is 0 Å². The van der Waals surface area contributed by atoms with E-state index in [4.69, 9.17) is 10.5 Å². The summed E-state index contributed by atoms with van der Waals surface area (Å²) in [6, 6.07) is 2.22. The molecule has 2 atom stereocenters. The summed E-state index contributed by atoms with van der Waals surface area (Å²) >= 11 is 0. The smallest absolute Gasteiger partial charge is 0.378 e. The first-order valence-corrected chi connectivity index (χ1v) is 7.95. The van der Waals surface area contributed by atoms with E-state index in [-0.39, 0.29) is 43.2 Å². The Morgan fingerprint density at radius 2 is 2.04 bits per heavy atom. The molecule has 1 aliphatic rings. The van der Waals surface area contributed by atoms with Crippen LogP contribution in [0.1, 0.15) is 18.4 Å². The Morgan fingerprint density at radius 3 is 2.59 bits per heavy atom.